The summed E-state index contributed by atoms with van der Waals surface area (Å²) in [5.74, 6) is -0.609. The van der Waals surface area contributed by atoms with Gasteiger partial charge in [0.15, 0.2) is 5.79 Å². The molecule has 1 aromatic carbocycles. The number of benzene rings is 1. The molecule has 1 atom stereocenters. The number of methoxy groups -OCH3 is 3. The topological polar surface area (TPSA) is 30.9 Å². The molecule has 1 saturated heterocycles. The molecule has 1 aliphatic heterocycles. The van der Waals surface area contributed by atoms with E-state index in [0.717, 1.165) is 26.1 Å². The molecule has 0 bridgehead atoms. The van der Waals surface area contributed by atoms with Crippen LogP contribution in [0.3, 0.4) is 0 Å². The van der Waals surface area contributed by atoms with Gasteiger partial charge in [-0.3, -0.25) is 4.90 Å². The van der Waals surface area contributed by atoms with Crippen LogP contribution in [0.4, 0.5) is 0 Å². The predicted molar refractivity (Wildman–Crippen MR) is 73.9 cm³/mol. The summed E-state index contributed by atoms with van der Waals surface area (Å²) in [6, 6.07) is 10.5. The van der Waals surface area contributed by atoms with Gasteiger partial charge in [-0.1, -0.05) is 30.3 Å². The monoisotopic (exact) mass is 265 g/mol. The van der Waals surface area contributed by atoms with Crippen LogP contribution in [0.25, 0.3) is 0 Å². The highest BCUT2D eigenvalue weighted by Crippen LogP contribution is 2.29. The molecule has 1 fully saturated rings. The van der Waals surface area contributed by atoms with Crippen LogP contribution >= 0.6 is 0 Å². The fourth-order valence-corrected chi connectivity index (χ4v) is 2.73. The predicted octanol–water partition coefficient (Wildman–Crippen LogP) is 1.90. The van der Waals surface area contributed by atoms with E-state index in [1.807, 2.05) is 6.07 Å². The minimum absolute atomic E-state index is 0.0695. The first-order valence-electron chi connectivity index (χ1n) is 6.63. The standard InChI is InChI=1S/C15H23NO3/c1-17-14-12-16(10-9-15(14,18-2)19-3)11-13-7-5-4-6-8-13/h4-8,14H,9-12H2,1-3H3/t14-/m0/s1. The normalized spacial score (nSPS) is 23.4. The molecular formula is C15H23NO3. The van der Waals surface area contributed by atoms with Gasteiger partial charge in [-0.25, -0.2) is 0 Å². The summed E-state index contributed by atoms with van der Waals surface area (Å²) in [6.07, 6.45) is 0.741. The van der Waals surface area contributed by atoms with E-state index in [9.17, 15) is 0 Å². The van der Waals surface area contributed by atoms with E-state index >= 15 is 0 Å². The third kappa shape index (κ3) is 3.15. The number of hydrogen-bond acceptors (Lipinski definition) is 4. The smallest absolute Gasteiger partial charge is 0.196 e. The van der Waals surface area contributed by atoms with Crippen molar-refractivity contribution in [2.24, 2.45) is 0 Å². The zero-order valence-corrected chi connectivity index (χ0v) is 12.0. The lowest BCUT2D eigenvalue weighted by Crippen LogP contribution is -2.58. The number of piperidine rings is 1. The number of hydrogen-bond donors (Lipinski definition) is 0. The Hall–Kier alpha value is -0.940. The van der Waals surface area contributed by atoms with Crippen molar-refractivity contribution in [2.75, 3.05) is 34.4 Å². The van der Waals surface area contributed by atoms with E-state index in [0.29, 0.717) is 0 Å². The summed E-state index contributed by atoms with van der Waals surface area (Å²) in [5.41, 5.74) is 1.32. The lowest BCUT2D eigenvalue weighted by molar-refractivity contribution is -0.284. The Labute approximate surface area is 115 Å². The molecule has 0 unspecified atom stereocenters. The van der Waals surface area contributed by atoms with Crippen molar-refractivity contribution in [1.29, 1.82) is 0 Å². The fraction of sp³-hybridized carbons (Fsp3) is 0.600. The van der Waals surface area contributed by atoms with Gasteiger partial charge in [-0.15, -0.1) is 0 Å². The van der Waals surface area contributed by atoms with Crippen LogP contribution in [-0.2, 0) is 20.8 Å². The van der Waals surface area contributed by atoms with Crippen molar-refractivity contribution in [3.8, 4) is 0 Å². The molecule has 1 aromatic rings. The van der Waals surface area contributed by atoms with Crippen molar-refractivity contribution < 1.29 is 14.2 Å². The second kappa shape index (κ2) is 6.48. The molecule has 19 heavy (non-hydrogen) atoms. The molecular weight excluding hydrogens is 242 g/mol. The number of nitrogens with zero attached hydrogens (tertiary/aromatic N) is 1. The van der Waals surface area contributed by atoms with Crippen LogP contribution in [-0.4, -0.2) is 51.2 Å². The van der Waals surface area contributed by atoms with Crippen LogP contribution < -0.4 is 0 Å². The molecule has 0 spiro atoms. The molecule has 1 heterocycles. The highest BCUT2D eigenvalue weighted by Gasteiger charge is 2.44. The van der Waals surface area contributed by atoms with Gasteiger partial charge < -0.3 is 14.2 Å². The van der Waals surface area contributed by atoms with Crippen molar-refractivity contribution in [2.45, 2.75) is 24.9 Å². The van der Waals surface area contributed by atoms with E-state index in [1.165, 1.54) is 5.56 Å². The molecule has 0 amide bonds. The molecule has 0 radical (unpaired) electrons. The molecule has 0 aliphatic carbocycles. The fourth-order valence-electron chi connectivity index (χ4n) is 2.73. The minimum atomic E-state index is -0.609. The maximum atomic E-state index is 5.57. The van der Waals surface area contributed by atoms with Crippen LogP contribution in [0.1, 0.15) is 12.0 Å². The average Bonchev–Trinajstić information content (AvgIpc) is 2.48. The molecule has 2 rings (SSSR count). The van der Waals surface area contributed by atoms with Crippen LogP contribution in [0, 0.1) is 0 Å². The van der Waals surface area contributed by atoms with Gasteiger partial charge in [-0.2, -0.15) is 0 Å². The van der Waals surface area contributed by atoms with Crippen LogP contribution in [0.5, 0.6) is 0 Å². The molecule has 0 saturated carbocycles. The third-order valence-corrected chi connectivity index (χ3v) is 3.92. The summed E-state index contributed by atoms with van der Waals surface area (Å²) >= 11 is 0. The molecule has 4 nitrogen and oxygen atoms in total. The Kier molecular flexibility index (Phi) is 4.93. The van der Waals surface area contributed by atoms with E-state index in [-0.39, 0.29) is 6.10 Å². The van der Waals surface area contributed by atoms with Gasteiger partial charge in [0.1, 0.15) is 6.10 Å². The van der Waals surface area contributed by atoms with Crippen molar-refractivity contribution >= 4 is 0 Å². The van der Waals surface area contributed by atoms with Crippen molar-refractivity contribution in [3.05, 3.63) is 35.9 Å². The summed E-state index contributed by atoms with van der Waals surface area (Å²) in [4.78, 5) is 2.37. The van der Waals surface area contributed by atoms with Gasteiger partial charge >= 0.3 is 0 Å². The summed E-state index contributed by atoms with van der Waals surface area (Å²) in [7, 11) is 5.08. The largest absolute Gasteiger partial charge is 0.374 e. The van der Waals surface area contributed by atoms with E-state index in [4.69, 9.17) is 14.2 Å². The highest BCUT2D eigenvalue weighted by atomic mass is 16.7. The van der Waals surface area contributed by atoms with Crippen LogP contribution in [0.2, 0.25) is 0 Å². The Morgan fingerprint density at radius 1 is 1.16 bits per heavy atom. The molecule has 0 N–H and O–H groups in total. The van der Waals surface area contributed by atoms with E-state index in [1.54, 1.807) is 21.3 Å². The lowest BCUT2D eigenvalue weighted by atomic mass is 9.99. The Balaban J connectivity index is 2.01. The van der Waals surface area contributed by atoms with Gasteiger partial charge in [0.2, 0.25) is 0 Å². The Morgan fingerprint density at radius 3 is 2.42 bits per heavy atom. The molecule has 4 heteroatoms. The Bertz CT molecular complexity index is 378. The quantitative estimate of drug-likeness (QED) is 0.761. The first-order valence-corrected chi connectivity index (χ1v) is 6.63. The molecule has 106 valence electrons. The number of rotatable bonds is 5. The first kappa shape index (κ1) is 14.5. The summed E-state index contributed by atoms with van der Waals surface area (Å²) in [5, 5.41) is 0. The average molecular weight is 265 g/mol. The number of ether oxygens (including phenoxy) is 3. The lowest BCUT2D eigenvalue weighted by Gasteiger charge is -2.44. The maximum absolute atomic E-state index is 5.57. The Morgan fingerprint density at radius 2 is 1.84 bits per heavy atom. The molecule has 1 aliphatic rings. The van der Waals surface area contributed by atoms with Crippen molar-refractivity contribution in [1.82, 2.24) is 4.90 Å². The van der Waals surface area contributed by atoms with E-state index < -0.39 is 5.79 Å². The second-order valence-electron chi connectivity index (χ2n) is 4.92. The van der Waals surface area contributed by atoms with Gasteiger partial charge in [-0.05, 0) is 5.56 Å². The van der Waals surface area contributed by atoms with Crippen molar-refractivity contribution in [3.63, 3.8) is 0 Å². The van der Waals surface area contributed by atoms with E-state index in [2.05, 4.69) is 29.2 Å². The van der Waals surface area contributed by atoms with Gasteiger partial charge in [0.05, 0.1) is 0 Å². The summed E-state index contributed by atoms with van der Waals surface area (Å²) in [6.45, 7) is 2.69. The molecule has 0 aromatic heterocycles. The second-order valence-corrected chi connectivity index (χ2v) is 4.92. The van der Waals surface area contributed by atoms with Crippen LogP contribution in [0.15, 0.2) is 30.3 Å². The minimum Gasteiger partial charge on any atom is -0.374 e. The number of likely N-dealkylation sites (tertiary alicyclic amines) is 1. The maximum Gasteiger partial charge on any atom is 0.196 e. The van der Waals surface area contributed by atoms with Gasteiger partial charge in [0.25, 0.3) is 0 Å². The van der Waals surface area contributed by atoms with Gasteiger partial charge in [0, 0.05) is 47.4 Å². The summed E-state index contributed by atoms with van der Waals surface area (Å²) < 4.78 is 16.7. The third-order valence-electron chi connectivity index (χ3n) is 3.92. The zero-order valence-electron chi connectivity index (χ0n) is 12.0. The SMILES string of the molecule is CO[C@H]1CN(Cc2ccccc2)CCC1(OC)OC. The highest BCUT2D eigenvalue weighted by molar-refractivity contribution is 5.14. The first-order chi connectivity index (χ1) is 9.24. The zero-order chi connectivity index (χ0) is 13.7.